The van der Waals surface area contributed by atoms with Crippen molar-refractivity contribution in [1.82, 2.24) is 4.31 Å². The van der Waals surface area contributed by atoms with Crippen LogP contribution in [0.25, 0.3) is 0 Å². The van der Waals surface area contributed by atoms with Crippen LogP contribution in [-0.4, -0.2) is 49.2 Å². The molecular formula is C22H22ClF3N2O4S. The van der Waals surface area contributed by atoms with Gasteiger partial charge in [0.2, 0.25) is 10.0 Å². The summed E-state index contributed by atoms with van der Waals surface area (Å²) >= 11 is 6.31. The number of ether oxygens (including phenoxy) is 1. The monoisotopic (exact) mass is 502 g/mol. The molecule has 1 saturated carbocycles. The number of nitrogens with zero attached hydrogens (tertiary/aromatic N) is 1. The second kappa shape index (κ2) is 7.84. The van der Waals surface area contributed by atoms with Gasteiger partial charge in [0.1, 0.15) is 10.4 Å². The fourth-order valence-electron chi connectivity index (χ4n) is 5.15. The normalized spacial score (nSPS) is 28.7. The molecule has 3 aliphatic rings. The van der Waals surface area contributed by atoms with Gasteiger partial charge in [0.05, 0.1) is 24.3 Å². The van der Waals surface area contributed by atoms with Crippen LogP contribution in [0.1, 0.15) is 25.3 Å². The second-order valence-electron chi connectivity index (χ2n) is 9.05. The van der Waals surface area contributed by atoms with Gasteiger partial charge in [0.15, 0.2) is 17.5 Å². The standard InChI is InChI=1S/C22H22ClF3N2O4S/c1-11-18-7-14(29)8-19(11)28(18)33(30,31)20-4-12(2-3-15(20)23)22(9-32-10-22)27-13-5-16(24)21(26)17(25)6-13/h2-6,11,14,18-19,27,29H,7-10H2,1H3/t11-,14-,18?,19?. The highest BCUT2D eigenvalue weighted by Crippen LogP contribution is 2.47. The quantitative estimate of drug-likeness (QED) is 0.611. The van der Waals surface area contributed by atoms with Crippen LogP contribution in [-0.2, 0) is 20.3 Å². The molecule has 1 aliphatic carbocycles. The summed E-state index contributed by atoms with van der Waals surface area (Å²) in [5.74, 6) is -4.11. The van der Waals surface area contributed by atoms with Crippen molar-refractivity contribution in [2.24, 2.45) is 5.92 Å². The zero-order valence-corrected chi connectivity index (χ0v) is 19.1. The Kier molecular flexibility index (Phi) is 5.45. The Morgan fingerprint density at radius 3 is 2.27 bits per heavy atom. The molecule has 178 valence electrons. The summed E-state index contributed by atoms with van der Waals surface area (Å²) in [6.07, 6.45) is 0.213. The molecule has 0 amide bonds. The Hall–Kier alpha value is -1.85. The van der Waals surface area contributed by atoms with Crippen molar-refractivity contribution in [2.75, 3.05) is 18.5 Å². The van der Waals surface area contributed by atoms with E-state index in [9.17, 15) is 26.7 Å². The lowest BCUT2D eigenvalue weighted by Gasteiger charge is -2.57. The summed E-state index contributed by atoms with van der Waals surface area (Å²) in [4.78, 5) is -0.0792. The van der Waals surface area contributed by atoms with E-state index in [1.807, 2.05) is 6.92 Å². The lowest BCUT2D eigenvalue weighted by atomic mass is 9.72. The van der Waals surface area contributed by atoms with Crippen LogP contribution in [0.4, 0.5) is 18.9 Å². The molecule has 2 aromatic rings. The van der Waals surface area contributed by atoms with E-state index in [4.69, 9.17) is 16.3 Å². The van der Waals surface area contributed by atoms with Crippen LogP contribution in [0, 0.1) is 23.4 Å². The molecular weight excluding hydrogens is 481 g/mol. The highest BCUT2D eigenvalue weighted by molar-refractivity contribution is 7.89. The van der Waals surface area contributed by atoms with Crippen LogP contribution >= 0.6 is 11.6 Å². The SMILES string of the molecule is C[C@H]1C2C[C@H](O)CC1N2S(=O)(=O)c1cc(C2(Nc3cc(F)c(F)c(F)c3)COC2)ccc1Cl. The van der Waals surface area contributed by atoms with E-state index in [1.54, 1.807) is 6.07 Å². The van der Waals surface area contributed by atoms with E-state index in [1.165, 1.54) is 16.4 Å². The molecule has 0 spiro atoms. The number of fused-ring (bicyclic) bond motifs is 2. The topological polar surface area (TPSA) is 78.9 Å². The van der Waals surface area contributed by atoms with Crippen LogP contribution in [0.15, 0.2) is 35.2 Å². The number of aliphatic hydroxyl groups excluding tert-OH is 1. The van der Waals surface area contributed by atoms with Gasteiger partial charge in [0, 0.05) is 29.9 Å². The van der Waals surface area contributed by atoms with Gasteiger partial charge in [-0.1, -0.05) is 24.6 Å². The molecule has 2 bridgehead atoms. The Morgan fingerprint density at radius 2 is 1.73 bits per heavy atom. The highest BCUT2D eigenvalue weighted by Gasteiger charge is 2.56. The van der Waals surface area contributed by atoms with E-state index in [0.29, 0.717) is 18.4 Å². The number of hydrogen-bond donors (Lipinski definition) is 2. The lowest BCUT2D eigenvalue weighted by Crippen LogP contribution is -2.69. The molecule has 2 saturated heterocycles. The first-order valence-electron chi connectivity index (χ1n) is 10.6. The molecule has 0 radical (unpaired) electrons. The maximum Gasteiger partial charge on any atom is 0.245 e. The van der Waals surface area contributed by atoms with Crippen molar-refractivity contribution < 1.29 is 31.4 Å². The predicted octanol–water partition coefficient (Wildman–Crippen LogP) is 3.63. The summed E-state index contributed by atoms with van der Waals surface area (Å²) < 4.78 is 74.6. The van der Waals surface area contributed by atoms with E-state index in [2.05, 4.69) is 5.32 Å². The third kappa shape index (κ3) is 3.54. The Morgan fingerprint density at radius 1 is 1.12 bits per heavy atom. The molecule has 2 aromatic carbocycles. The largest absolute Gasteiger partial charge is 0.393 e. The third-order valence-electron chi connectivity index (χ3n) is 7.00. The number of sulfonamides is 1. The lowest BCUT2D eigenvalue weighted by molar-refractivity contribution is -0.0736. The number of hydrogen-bond acceptors (Lipinski definition) is 5. The first kappa shape index (κ1) is 22.9. The maximum absolute atomic E-state index is 13.7. The summed E-state index contributed by atoms with van der Waals surface area (Å²) in [6, 6.07) is 5.60. The summed E-state index contributed by atoms with van der Waals surface area (Å²) in [7, 11) is -3.96. The van der Waals surface area contributed by atoms with Gasteiger partial charge in [-0.25, -0.2) is 21.6 Å². The molecule has 2 N–H and O–H groups in total. The molecule has 33 heavy (non-hydrogen) atoms. The number of nitrogens with one attached hydrogen (secondary N) is 1. The molecule has 2 heterocycles. The van der Waals surface area contributed by atoms with Crippen molar-refractivity contribution in [1.29, 1.82) is 0 Å². The summed E-state index contributed by atoms with van der Waals surface area (Å²) in [5, 5.41) is 13.0. The Labute approximate surface area is 194 Å². The highest BCUT2D eigenvalue weighted by atomic mass is 35.5. The average Bonchev–Trinajstić information content (AvgIpc) is 2.73. The smallest absolute Gasteiger partial charge is 0.245 e. The van der Waals surface area contributed by atoms with E-state index < -0.39 is 39.1 Å². The molecule has 5 rings (SSSR count). The molecule has 2 unspecified atom stereocenters. The fourth-order valence-corrected chi connectivity index (χ4v) is 7.64. The van der Waals surface area contributed by atoms with Gasteiger partial charge in [-0.15, -0.1) is 0 Å². The number of anilines is 1. The van der Waals surface area contributed by atoms with Crippen molar-refractivity contribution in [2.45, 2.75) is 48.4 Å². The first-order chi connectivity index (χ1) is 15.5. The minimum Gasteiger partial charge on any atom is -0.393 e. The van der Waals surface area contributed by atoms with Crippen molar-refractivity contribution in [3.05, 3.63) is 58.4 Å². The predicted molar refractivity (Wildman–Crippen MR) is 115 cm³/mol. The fraction of sp³-hybridized carbons (Fsp3) is 0.455. The molecule has 2 aliphatic heterocycles. The van der Waals surface area contributed by atoms with Crippen LogP contribution in [0.3, 0.4) is 0 Å². The zero-order chi connectivity index (χ0) is 23.7. The number of aliphatic hydroxyl groups is 1. The van der Waals surface area contributed by atoms with Gasteiger partial charge in [-0.05, 0) is 36.5 Å². The summed E-state index contributed by atoms with van der Waals surface area (Å²) in [5.41, 5.74) is -0.477. The molecule has 2 atom stereocenters. The zero-order valence-electron chi connectivity index (χ0n) is 17.6. The van der Waals surface area contributed by atoms with Crippen LogP contribution in [0.2, 0.25) is 5.02 Å². The number of rotatable bonds is 5. The maximum atomic E-state index is 13.7. The Balaban J connectivity index is 1.49. The first-order valence-corrected chi connectivity index (χ1v) is 12.4. The minimum atomic E-state index is -3.96. The van der Waals surface area contributed by atoms with Gasteiger partial charge in [-0.2, -0.15) is 4.31 Å². The van der Waals surface area contributed by atoms with Crippen LogP contribution < -0.4 is 5.32 Å². The van der Waals surface area contributed by atoms with E-state index >= 15 is 0 Å². The van der Waals surface area contributed by atoms with Gasteiger partial charge in [-0.3, -0.25) is 0 Å². The van der Waals surface area contributed by atoms with Gasteiger partial charge >= 0.3 is 0 Å². The van der Waals surface area contributed by atoms with Crippen LogP contribution in [0.5, 0.6) is 0 Å². The van der Waals surface area contributed by atoms with Gasteiger partial charge < -0.3 is 15.2 Å². The molecule has 11 heteroatoms. The number of benzene rings is 2. The van der Waals surface area contributed by atoms with Gasteiger partial charge in [0.25, 0.3) is 0 Å². The average molecular weight is 503 g/mol. The minimum absolute atomic E-state index is 0.00542. The molecule has 3 fully saturated rings. The number of halogens is 4. The Bertz CT molecular complexity index is 1190. The molecule has 0 aromatic heterocycles. The van der Waals surface area contributed by atoms with Crippen molar-refractivity contribution in [3.63, 3.8) is 0 Å². The van der Waals surface area contributed by atoms with Crippen molar-refractivity contribution >= 4 is 27.3 Å². The summed E-state index contributed by atoms with van der Waals surface area (Å²) in [6.45, 7) is 2.18. The molecule has 6 nitrogen and oxygen atoms in total. The van der Waals surface area contributed by atoms with E-state index in [0.717, 1.165) is 12.1 Å². The third-order valence-corrected chi connectivity index (χ3v) is 9.43. The van der Waals surface area contributed by atoms with E-state index in [-0.39, 0.29) is 46.8 Å². The number of piperidine rings is 1. The second-order valence-corrected chi connectivity index (χ2v) is 11.3. The van der Waals surface area contributed by atoms with Crippen molar-refractivity contribution in [3.8, 4) is 0 Å².